The van der Waals surface area contributed by atoms with Gasteiger partial charge in [0.25, 0.3) is 5.69 Å². The molecule has 0 aromatic heterocycles. The molecule has 7 heteroatoms. The number of ketones is 1. The number of amidine groups is 1. The minimum atomic E-state index is -0.534. The van der Waals surface area contributed by atoms with E-state index in [4.69, 9.17) is 5.21 Å². The molecule has 0 unspecified atom stereocenters. The fourth-order valence-corrected chi connectivity index (χ4v) is 1.63. The molecule has 0 aliphatic carbocycles. The molecule has 106 valence electrons. The summed E-state index contributed by atoms with van der Waals surface area (Å²) in [6.45, 7) is 0. The van der Waals surface area contributed by atoms with Crippen LogP contribution >= 0.6 is 0 Å². The highest BCUT2D eigenvalue weighted by molar-refractivity contribution is 6.45. The first kappa shape index (κ1) is 14.4. The Bertz CT molecular complexity index is 681. The van der Waals surface area contributed by atoms with E-state index < -0.39 is 10.7 Å². The van der Waals surface area contributed by atoms with Crippen LogP contribution in [0.25, 0.3) is 0 Å². The lowest BCUT2D eigenvalue weighted by Crippen LogP contribution is -2.28. The van der Waals surface area contributed by atoms with Crippen molar-refractivity contribution in [3.05, 3.63) is 70.3 Å². The topological polar surface area (TPSA) is 105 Å². The smallest absolute Gasteiger partial charge is 0.269 e. The second-order valence-corrected chi connectivity index (χ2v) is 4.04. The van der Waals surface area contributed by atoms with Crippen LogP contribution in [-0.2, 0) is 0 Å². The van der Waals surface area contributed by atoms with Gasteiger partial charge in [0.05, 0.1) is 10.6 Å². The molecule has 0 atom stereocenters. The highest BCUT2D eigenvalue weighted by Crippen LogP contribution is 2.18. The van der Waals surface area contributed by atoms with E-state index >= 15 is 0 Å². The van der Waals surface area contributed by atoms with E-state index in [1.54, 1.807) is 35.8 Å². The second kappa shape index (κ2) is 6.40. The molecule has 0 bridgehead atoms. The molecule has 0 aliphatic heterocycles. The number of aliphatic imine (C=N–C) groups is 1. The lowest BCUT2D eigenvalue weighted by atomic mass is 10.1. The van der Waals surface area contributed by atoms with E-state index in [0.29, 0.717) is 11.3 Å². The van der Waals surface area contributed by atoms with Gasteiger partial charge in [-0.05, 0) is 12.1 Å². The van der Waals surface area contributed by atoms with Gasteiger partial charge in [0.1, 0.15) is 0 Å². The molecule has 21 heavy (non-hydrogen) atoms. The van der Waals surface area contributed by atoms with E-state index in [1.165, 1.54) is 24.3 Å². The van der Waals surface area contributed by atoms with Crippen molar-refractivity contribution in [1.29, 1.82) is 0 Å². The minimum Gasteiger partial charge on any atom is -0.290 e. The van der Waals surface area contributed by atoms with Crippen LogP contribution in [0.15, 0.2) is 59.6 Å². The van der Waals surface area contributed by atoms with Crippen molar-refractivity contribution in [1.82, 2.24) is 5.48 Å². The number of benzene rings is 2. The van der Waals surface area contributed by atoms with Gasteiger partial charge >= 0.3 is 0 Å². The van der Waals surface area contributed by atoms with Crippen molar-refractivity contribution in [2.75, 3.05) is 0 Å². The fraction of sp³-hybridized carbons (Fsp3) is 0. The number of Topliss-reactive ketones (excluding diaryl/α,β-unsaturated/α-hetero) is 1. The molecule has 0 spiro atoms. The summed E-state index contributed by atoms with van der Waals surface area (Å²) in [5, 5.41) is 19.6. The SMILES string of the molecule is O=C(C(=Nc1ccc([N+](=O)[O-])cc1)NO)c1ccccc1. The predicted octanol–water partition coefficient (Wildman–Crippen LogP) is 2.49. The van der Waals surface area contributed by atoms with Gasteiger partial charge in [0.2, 0.25) is 5.78 Å². The first-order valence-electron chi connectivity index (χ1n) is 5.95. The molecule has 0 radical (unpaired) electrons. The fourth-order valence-electron chi connectivity index (χ4n) is 1.63. The zero-order valence-electron chi connectivity index (χ0n) is 10.8. The van der Waals surface area contributed by atoms with E-state index in [1.807, 2.05) is 0 Å². The van der Waals surface area contributed by atoms with Crippen LogP contribution in [0, 0.1) is 10.1 Å². The van der Waals surface area contributed by atoms with Crippen molar-refractivity contribution in [3.8, 4) is 0 Å². The Morgan fingerprint density at radius 2 is 1.71 bits per heavy atom. The molecule has 0 saturated heterocycles. The van der Waals surface area contributed by atoms with Crippen LogP contribution in [-0.4, -0.2) is 21.7 Å². The molecule has 0 aliphatic rings. The summed E-state index contributed by atoms with van der Waals surface area (Å²) in [5.74, 6) is -0.758. The van der Waals surface area contributed by atoms with Crippen molar-refractivity contribution in [2.45, 2.75) is 0 Å². The van der Waals surface area contributed by atoms with E-state index in [9.17, 15) is 14.9 Å². The molecule has 0 heterocycles. The lowest BCUT2D eigenvalue weighted by molar-refractivity contribution is -0.384. The van der Waals surface area contributed by atoms with Gasteiger partial charge in [-0.2, -0.15) is 0 Å². The Hall–Kier alpha value is -3.06. The molecule has 7 nitrogen and oxygen atoms in total. The number of non-ortho nitro benzene ring substituents is 1. The summed E-state index contributed by atoms with van der Waals surface area (Å²) < 4.78 is 0. The third kappa shape index (κ3) is 3.48. The number of nitro groups is 1. The summed E-state index contributed by atoms with van der Waals surface area (Å²) >= 11 is 0. The van der Waals surface area contributed by atoms with Gasteiger partial charge in [-0.3, -0.25) is 20.1 Å². The molecular formula is C14H11N3O4. The number of nitro benzene ring substituents is 1. The first-order valence-corrected chi connectivity index (χ1v) is 5.95. The molecule has 0 fully saturated rings. The normalized spacial score (nSPS) is 11.0. The molecular weight excluding hydrogens is 274 g/mol. The van der Waals surface area contributed by atoms with Crippen LogP contribution in [0.1, 0.15) is 10.4 Å². The quantitative estimate of drug-likeness (QED) is 0.295. The molecule has 2 aromatic carbocycles. The third-order valence-electron chi connectivity index (χ3n) is 2.66. The summed E-state index contributed by atoms with van der Waals surface area (Å²) in [6, 6.07) is 13.6. The molecule has 2 rings (SSSR count). The van der Waals surface area contributed by atoms with E-state index in [2.05, 4.69) is 4.99 Å². The standard InChI is InChI=1S/C14H11N3O4/c18-13(10-4-2-1-3-5-10)14(16-19)15-11-6-8-12(9-7-11)17(20)21/h1-9,19H,(H,15,16). The Balaban J connectivity index is 2.28. The second-order valence-electron chi connectivity index (χ2n) is 4.04. The molecule has 0 amide bonds. The Morgan fingerprint density at radius 3 is 2.24 bits per heavy atom. The van der Waals surface area contributed by atoms with Crippen molar-refractivity contribution < 1.29 is 14.9 Å². The maximum atomic E-state index is 12.1. The van der Waals surface area contributed by atoms with Gasteiger partial charge in [0, 0.05) is 17.7 Å². The number of nitrogens with zero attached hydrogens (tertiary/aromatic N) is 2. The van der Waals surface area contributed by atoms with E-state index in [-0.39, 0.29) is 11.5 Å². The molecule has 0 saturated carbocycles. The number of hydrogen-bond donors (Lipinski definition) is 2. The van der Waals surface area contributed by atoms with E-state index in [0.717, 1.165) is 0 Å². The highest BCUT2D eigenvalue weighted by atomic mass is 16.6. The van der Waals surface area contributed by atoms with Gasteiger partial charge in [-0.25, -0.2) is 10.5 Å². The Morgan fingerprint density at radius 1 is 1.10 bits per heavy atom. The summed E-state index contributed by atoms with van der Waals surface area (Å²) in [7, 11) is 0. The summed E-state index contributed by atoms with van der Waals surface area (Å²) in [4.78, 5) is 26.0. The van der Waals surface area contributed by atoms with Crippen molar-refractivity contribution in [3.63, 3.8) is 0 Å². The van der Waals surface area contributed by atoms with Gasteiger partial charge < -0.3 is 0 Å². The number of carbonyl (C=O) groups excluding carboxylic acids is 1. The number of hydroxylamine groups is 1. The van der Waals surface area contributed by atoms with Crippen LogP contribution < -0.4 is 5.48 Å². The first-order chi connectivity index (χ1) is 10.1. The van der Waals surface area contributed by atoms with Crippen molar-refractivity contribution >= 4 is 23.0 Å². The Labute approximate surface area is 119 Å². The molecule has 2 aromatic rings. The van der Waals surface area contributed by atoms with Crippen LogP contribution in [0.5, 0.6) is 0 Å². The van der Waals surface area contributed by atoms with Crippen LogP contribution in [0.2, 0.25) is 0 Å². The maximum absolute atomic E-state index is 12.1. The third-order valence-corrected chi connectivity index (χ3v) is 2.66. The maximum Gasteiger partial charge on any atom is 0.269 e. The zero-order valence-corrected chi connectivity index (χ0v) is 10.8. The lowest BCUT2D eigenvalue weighted by Gasteiger charge is -2.04. The summed E-state index contributed by atoms with van der Waals surface area (Å²) in [5.41, 5.74) is 2.34. The molecule has 2 N–H and O–H groups in total. The largest absolute Gasteiger partial charge is 0.290 e. The Kier molecular flexibility index (Phi) is 4.37. The average Bonchev–Trinajstić information content (AvgIpc) is 2.53. The number of hydrogen-bond acceptors (Lipinski definition) is 5. The predicted molar refractivity (Wildman–Crippen MR) is 75.9 cm³/mol. The minimum absolute atomic E-state index is 0.0816. The number of carbonyl (C=O) groups is 1. The van der Waals surface area contributed by atoms with Crippen molar-refractivity contribution in [2.24, 2.45) is 4.99 Å². The van der Waals surface area contributed by atoms with Gasteiger partial charge in [-0.1, -0.05) is 30.3 Å². The van der Waals surface area contributed by atoms with Crippen LogP contribution in [0.4, 0.5) is 11.4 Å². The van der Waals surface area contributed by atoms with Gasteiger partial charge in [0.15, 0.2) is 5.84 Å². The zero-order chi connectivity index (χ0) is 15.2. The van der Waals surface area contributed by atoms with Gasteiger partial charge in [-0.15, -0.1) is 0 Å². The average molecular weight is 285 g/mol. The summed E-state index contributed by atoms with van der Waals surface area (Å²) in [6.07, 6.45) is 0. The number of rotatable bonds is 4. The number of nitrogens with one attached hydrogen (secondary N) is 1. The van der Waals surface area contributed by atoms with Crippen LogP contribution in [0.3, 0.4) is 0 Å². The highest BCUT2D eigenvalue weighted by Gasteiger charge is 2.13. The monoisotopic (exact) mass is 285 g/mol.